The van der Waals surface area contributed by atoms with Crippen molar-refractivity contribution in [1.29, 1.82) is 0 Å². The smallest absolute Gasteiger partial charge is 0.550 e. The molecule has 0 amide bonds. The van der Waals surface area contributed by atoms with E-state index in [1.807, 2.05) is 0 Å². The van der Waals surface area contributed by atoms with Gasteiger partial charge >= 0.3 is 29.6 Å². The molecule has 0 aliphatic rings. The molecule has 0 heterocycles. The zero-order valence-electron chi connectivity index (χ0n) is 9.69. The molecule has 0 aromatic carbocycles. The normalized spacial score (nSPS) is 11.3. The zero-order chi connectivity index (χ0) is 11.2. The van der Waals surface area contributed by atoms with Gasteiger partial charge in [-0.1, -0.05) is 13.8 Å². The molecule has 0 saturated heterocycles. The first kappa shape index (κ1) is 17.7. The van der Waals surface area contributed by atoms with Crippen molar-refractivity contribution in [2.24, 2.45) is 5.41 Å². The minimum absolute atomic E-state index is 0. The Hall–Kier alpha value is 0.350. The predicted octanol–water partition coefficient (Wildman–Crippen LogP) is -4.95. The molecular formula is C9H18NNaO4. The SMILES string of the molecule is CC(C)(CN(CCO)CCO)C(=O)[O-].[Na+]. The number of hydrogen-bond acceptors (Lipinski definition) is 5. The minimum atomic E-state index is -1.13. The quantitative estimate of drug-likeness (QED) is 0.426. The van der Waals surface area contributed by atoms with Crippen LogP contribution in [0.2, 0.25) is 0 Å². The molecule has 0 aliphatic heterocycles. The van der Waals surface area contributed by atoms with Gasteiger partial charge in [-0.25, -0.2) is 0 Å². The number of carboxylic acid groups (broad SMARTS) is 1. The molecule has 0 fully saturated rings. The summed E-state index contributed by atoms with van der Waals surface area (Å²) in [6.07, 6.45) is 0. The fraction of sp³-hybridized carbons (Fsp3) is 0.889. The van der Waals surface area contributed by atoms with Crippen LogP contribution in [-0.2, 0) is 4.79 Å². The summed E-state index contributed by atoms with van der Waals surface area (Å²) in [5, 5.41) is 28.1. The Morgan fingerprint density at radius 1 is 1.27 bits per heavy atom. The first-order valence-corrected chi connectivity index (χ1v) is 4.59. The van der Waals surface area contributed by atoms with Gasteiger partial charge in [0, 0.05) is 31.0 Å². The third-order valence-electron chi connectivity index (χ3n) is 2.00. The van der Waals surface area contributed by atoms with Crippen LogP contribution in [-0.4, -0.2) is 53.9 Å². The van der Waals surface area contributed by atoms with Crippen molar-refractivity contribution in [1.82, 2.24) is 4.90 Å². The maximum atomic E-state index is 10.7. The van der Waals surface area contributed by atoms with Crippen molar-refractivity contribution < 1.29 is 49.7 Å². The molecule has 0 spiro atoms. The van der Waals surface area contributed by atoms with Crippen molar-refractivity contribution in [3.63, 3.8) is 0 Å². The maximum absolute atomic E-state index is 10.7. The molecule has 0 aromatic rings. The standard InChI is InChI=1S/C9H19NO4.Na/c1-9(2,8(13)14)7-10(3-5-11)4-6-12;/h11-12H,3-7H2,1-2H3,(H,13,14);/q;+1/p-1. The van der Waals surface area contributed by atoms with E-state index in [0.29, 0.717) is 13.1 Å². The van der Waals surface area contributed by atoms with Gasteiger partial charge in [0.2, 0.25) is 0 Å². The Morgan fingerprint density at radius 3 is 1.93 bits per heavy atom. The van der Waals surface area contributed by atoms with Crippen molar-refractivity contribution in [2.75, 3.05) is 32.8 Å². The average Bonchev–Trinajstić information content (AvgIpc) is 2.04. The molecule has 84 valence electrons. The summed E-state index contributed by atoms with van der Waals surface area (Å²) in [5.41, 5.74) is -0.968. The molecule has 0 bridgehead atoms. The maximum Gasteiger partial charge on any atom is 1.00 e. The Bertz CT molecular complexity index is 181. The van der Waals surface area contributed by atoms with E-state index in [1.54, 1.807) is 18.7 Å². The average molecular weight is 227 g/mol. The van der Waals surface area contributed by atoms with Gasteiger partial charge in [0.05, 0.1) is 13.2 Å². The minimum Gasteiger partial charge on any atom is -0.550 e. The number of hydrogen-bond donors (Lipinski definition) is 2. The van der Waals surface area contributed by atoms with Gasteiger partial charge in [-0.15, -0.1) is 0 Å². The van der Waals surface area contributed by atoms with E-state index in [0.717, 1.165) is 0 Å². The summed E-state index contributed by atoms with van der Waals surface area (Å²) in [6.45, 7) is 3.99. The molecule has 0 rings (SSSR count). The molecule has 0 saturated carbocycles. The summed E-state index contributed by atoms with van der Waals surface area (Å²) in [6, 6.07) is 0. The number of carbonyl (C=O) groups excluding carboxylic acids is 1. The van der Waals surface area contributed by atoms with Crippen LogP contribution in [0, 0.1) is 5.41 Å². The second kappa shape index (κ2) is 8.50. The molecular weight excluding hydrogens is 209 g/mol. The van der Waals surface area contributed by atoms with Crippen LogP contribution in [0.1, 0.15) is 13.8 Å². The zero-order valence-corrected chi connectivity index (χ0v) is 11.7. The number of nitrogens with zero attached hydrogens (tertiary/aromatic N) is 1. The molecule has 0 unspecified atom stereocenters. The second-order valence-electron chi connectivity index (χ2n) is 3.89. The number of carboxylic acids is 1. The summed E-state index contributed by atoms with van der Waals surface area (Å²) >= 11 is 0. The topological polar surface area (TPSA) is 83.8 Å². The molecule has 15 heavy (non-hydrogen) atoms. The van der Waals surface area contributed by atoms with E-state index in [2.05, 4.69) is 0 Å². The number of rotatable bonds is 7. The summed E-state index contributed by atoms with van der Waals surface area (Å²) < 4.78 is 0. The number of carbonyl (C=O) groups is 1. The van der Waals surface area contributed by atoms with Crippen molar-refractivity contribution in [3.05, 3.63) is 0 Å². The van der Waals surface area contributed by atoms with Crippen LogP contribution in [0.4, 0.5) is 0 Å². The fourth-order valence-corrected chi connectivity index (χ4v) is 1.18. The monoisotopic (exact) mass is 227 g/mol. The Kier molecular flexibility index (Phi) is 10.0. The molecule has 6 heteroatoms. The van der Waals surface area contributed by atoms with Crippen molar-refractivity contribution in [2.45, 2.75) is 13.8 Å². The van der Waals surface area contributed by atoms with Crippen LogP contribution in [0.25, 0.3) is 0 Å². The van der Waals surface area contributed by atoms with Crippen LogP contribution < -0.4 is 34.7 Å². The van der Waals surface area contributed by atoms with Gasteiger partial charge in [-0.05, 0) is 0 Å². The van der Waals surface area contributed by atoms with Gasteiger partial charge in [-0.3, -0.25) is 4.90 Å². The number of aliphatic hydroxyl groups is 2. The van der Waals surface area contributed by atoms with E-state index in [-0.39, 0.29) is 49.3 Å². The third-order valence-corrected chi connectivity index (χ3v) is 2.00. The second-order valence-corrected chi connectivity index (χ2v) is 3.89. The van der Waals surface area contributed by atoms with Gasteiger partial charge in [0.15, 0.2) is 0 Å². The van der Waals surface area contributed by atoms with Crippen molar-refractivity contribution in [3.8, 4) is 0 Å². The van der Waals surface area contributed by atoms with Crippen LogP contribution in [0.5, 0.6) is 0 Å². The van der Waals surface area contributed by atoms with Crippen LogP contribution in [0.15, 0.2) is 0 Å². The van der Waals surface area contributed by atoms with Crippen LogP contribution >= 0.6 is 0 Å². The first-order chi connectivity index (χ1) is 6.44. The molecule has 5 nitrogen and oxygen atoms in total. The first-order valence-electron chi connectivity index (χ1n) is 4.59. The van der Waals surface area contributed by atoms with E-state index in [1.165, 1.54) is 0 Å². The predicted molar refractivity (Wildman–Crippen MR) is 49.4 cm³/mol. The van der Waals surface area contributed by atoms with E-state index in [4.69, 9.17) is 10.2 Å². The van der Waals surface area contributed by atoms with E-state index < -0.39 is 11.4 Å². The van der Waals surface area contributed by atoms with E-state index in [9.17, 15) is 9.90 Å². The Morgan fingerprint density at radius 2 is 1.67 bits per heavy atom. The Labute approximate surface area is 112 Å². The van der Waals surface area contributed by atoms with Crippen molar-refractivity contribution >= 4 is 5.97 Å². The Balaban J connectivity index is 0. The molecule has 0 aliphatic carbocycles. The molecule has 0 radical (unpaired) electrons. The summed E-state index contributed by atoms with van der Waals surface area (Å²) in [4.78, 5) is 12.4. The van der Waals surface area contributed by atoms with E-state index >= 15 is 0 Å². The number of aliphatic hydroxyl groups excluding tert-OH is 2. The number of aliphatic carboxylic acids is 1. The largest absolute Gasteiger partial charge is 1.00 e. The van der Waals surface area contributed by atoms with Gasteiger partial charge in [-0.2, -0.15) is 0 Å². The summed E-state index contributed by atoms with van der Waals surface area (Å²) in [5.74, 6) is -1.13. The molecule has 2 N–H and O–H groups in total. The van der Waals surface area contributed by atoms with Gasteiger partial charge in [0.25, 0.3) is 0 Å². The fourth-order valence-electron chi connectivity index (χ4n) is 1.18. The van der Waals surface area contributed by atoms with Gasteiger partial charge < -0.3 is 20.1 Å². The molecule has 0 atom stereocenters. The summed E-state index contributed by atoms with van der Waals surface area (Å²) in [7, 11) is 0. The third kappa shape index (κ3) is 7.27. The van der Waals surface area contributed by atoms with Crippen LogP contribution in [0.3, 0.4) is 0 Å². The molecule has 0 aromatic heterocycles. The van der Waals surface area contributed by atoms with Gasteiger partial charge in [0.1, 0.15) is 0 Å².